The summed E-state index contributed by atoms with van der Waals surface area (Å²) < 4.78 is 1.85. The number of piperidine rings is 1. The van der Waals surface area contributed by atoms with Crippen LogP contribution in [0.3, 0.4) is 0 Å². The first-order chi connectivity index (χ1) is 13.3. The van der Waals surface area contributed by atoms with E-state index in [0.717, 1.165) is 43.5 Å². The van der Waals surface area contributed by atoms with Gasteiger partial charge in [-0.3, -0.25) is 9.78 Å². The van der Waals surface area contributed by atoms with E-state index in [9.17, 15) is 14.7 Å². The third kappa shape index (κ3) is 3.28. The van der Waals surface area contributed by atoms with Crippen LogP contribution in [0.4, 0.5) is 4.79 Å². The Hall–Kier alpha value is -2.41. The Kier molecular flexibility index (Phi) is 4.65. The molecular formula is C21H28N4O3. The summed E-state index contributed by atoms with van der Waals surface area (Å²) in [5.74, 6) is 0.273. The summed E-state index contributed by atoms with van der Waals surface area (Å²) in [7, 11) is 0. The molecule has 0 aliphatic carbocycles. The first-order valence-corrected chi connectivity index (χ1v) is 9.99. The zero-order valence-corrected chi connectivity index (χ0v) is 16.8. The molecular weight excluding hydrogens is 356 g/mol. The highest BCUT2D eigenvalue weighted by Crippen LogP contribution is 2.33. The number of rotatable bonds is 3. The zero-order valence-electron chi connectivity index (χ0n) is 16.8. The summed E-state index contributed by atoms with van der Waals surface area (Å²) in [6.45, 7) is 9.19. The number of aromatic nitrogens is 2. The van der Waals surface area contributed by atoms with Crippen molar-refractivity contribution in [2.45, 2.75) is 57.7 Å². The predicted octanol–water partition coefficient (Wildman–Crippen LogP) is 2.74. The molecule has 150 valence electrons. The standard InChI is InChI=1S/C21H28N4O3/c1-21(2,3)25(20(27)28)15-7-10-23(11-8-15)12-14-13-24-18(26)5-4-17-19(24)16(14)6-9-22-17/h4-6,9,14-15H,7-8,10-13H2,1-3H3,(H,27,28). The number of hydrogen-bond acceptors (Lipinski definition) is 4. The first-order valence-electron chi connectivity index (χ1n) is 9.99. The maximum absolute atomic E-state index is 12.3. The van der Waals surface area contributed by atoms with E-state index in [2.05, 4.69) is 9.88 Å². The van der Waals surface area contributed by atoms with Gasteiger partial charge in [0.05, 0.1) is 11.0 Å². The Morgan fingerprint density at radius 3 is 2.61 bits per heavy atom. The molecule has 28 heavy (non-hydrogen) atoms. The van der Waals surface area contributed by atoms with Crippen molar-refractivity contribution in [3.8, 4) is 0 Å². The molecule has 1 amide bonds. The van der Waals surface area contributed by atoms with Crippen LogP contribution in [0.1, 0.15) is 45.1 Å². The van der Waals surface area contributed by atoms with E-state index in [-0.39, 0.29) is 17.5 Å². The van der Waals surface area contributed by atoms with E-state index in [4.69, 9.17) is 0 Å². The minimum atomic E-state index is -0.837. The molecule has 7 nitrogen and oxygen atoms in total. The molecule has 1 saturated heterocycles. The summed E-state index contributed by atoms with van der Waals surface area (Å²) in [4.78, 5) is 32.4. The van der Waals surface area contributed by atoms with Crippen LogP contribution in [0.2, 0.25) is 0 Å². The minimum absolute atomic E-state index is 0.0326. The molecule has 2 aliphatic rings. The Balaban J connectivity index is 1.46. The van der Waals surface area contributed by atoms with E-state index in [1.165, 1.54) is 5.56 Å². The largest absolute Gasteiger partial charge is 0.465 e. The normalized spacial score (nSPS) is 20.6. The van der Waals surface area contributed by atoms with Crippen molar-refractivity contribution < 1.29 is 9.90 Å². The Bertz CT molecular complexity index is 954. The van der Waals surface area contributed by atoms with Crippen molar-refractivity contribution in [1.82, 2.24) is 19.4 Å². The Morgan fingerprint density at radius 2 is 1.96 bits per heavy atom. The molecule has 7 heteroatoms. The maximum Gasteiger partial charge on any atom is 0.407 e. The molecule has 0 aromatic carbocycles. The molecule has 0 radical (unpaired) electrons. The number of pyridine rings is 2. The highest BCUT2D eigenvalue weighted by atomic mass is 16.4. The van der Waals surface area contributed by atoms with Crippen molar-refractivity contribution in [3.63, 3.8) is 0 Å². The lowest BCUT2D eigenvalue weighted by atomic mass is 9.95. The molecule has 2 aromatic heterocycles. The highest BCUT2D eigenvalue weighted by molar-refractivity contribution is 5.80. The van der Waals surface area contributed by atoms with Crippen molar-refractivity contribution in [2.24, 2.45) is 0 Å². The lowest BCUT2D eigenvalue weighted by molar-refractivity contribution is 0.0410. The Morgan fingerprint density at radius 1 is 1.25 bits per heavy atom. The second-order valence-corrected chi connectivity index (χ2v) is 8.97. The van der Waals surface area contributed by atoms with Gasteiger partial charge in [-0.1, -0.05) is 0 Å². The fourth-order valence-electron chi connectivity index (χ4n) is 4.90. The van der Waals surface area contributed by atoms with E-state index in [1.807, 2.05) is 37.6 Å². The van der Waals surface area contributed by atoms with Crippen molar-refractivity contribution >= 4 is 17.1 Å². The van der Waals surface area contributed by atoms with Crippen LogP contribution in [0.15, 0.2) is 29.2 Å². The molecule has 2 aliphatic heterocycles. The fourth-order valence-corrected chi connectivity index (χ4v) is 4.90. The SMILES string of the molecule is CC(C)(C)N(C(=O)O)C1CCN(CC2Cn3c(=O)ccc4nccc2c43)CC1. The topological polar surface area (TPSA) is 78.7 Å². The molecule has 0 spiro atoms. The van der Waals surface area contributed by atoms with Crippen LogP contribution in [0, 0.1) is 0 Å². The lowest BCUT2D eigenvalue weighted by Gasteiger charge is -2.43. The first kappa shape index (κ1) is 18.9. The van der Waals surface area contributed by atoms with Gasteiger partial charge in [0.2, 0.25) is 0 Å². The quantitative estimate of drug-likeness (QED) is 0.880. The fraction of sp³-hybridized carbons (Fsp3) is 0.571. The van der Waals surface area contributed by atoms with Gasteiger partial charge in [-0.25, -0.2) is 4.79 Å². The van der Waals surface area contributed by atoms with E-state index in [1.54, 1.807) is 17.0 Å². The molecule has 4 heterocycles. The summed E-state index contributed by atoms with van der Waals surface area (Å²) in [6.07, 6.45) is 2.67. The van der Waals surface area contributed by atoms with E-state index >= 15 is 0 Å². The van der Waals surface area contributed by atoms with Gasteiger partial charge in [0, 0.05) is 55.9 Å². The molecule has 0 saturated carbocycles. The number of hydrogen-bond donors (Lipinski definition) is 1. The molecule has 2 aromatic rings. The van der Waals surface area contributed by atoms with Crippen molar-refractivity contribution in [2.75, 3.05) is 19.6 Å². The smallest absolute Gasteiger partial charge is 0.407 e. The second kappa shape index (κ2) is 6.88. The van der Waals surface area contributed by atoms with Crippen LogP contribution in [0.5, 0.6) is 0 Å². The van der Waals surface area contributed by atoms with Crippen molar-refractivity contribution in [3.05, 3.63) is 40.3 Å². The van der Waals surface area contributed by atoms with E-state index < -0.39 is 11.6 Å². The molecule has 1 fully saturated rings. The highest BCUT2D eigenvalue weighted by Gasteiger charge is 2.36. The van der Waals surface area contributed by atoms with Crippen LogP contribution in [0.25, 0.3) is 11.0 Å². The van der Waals surface area contributed by atoms with Gasteiger partial charge in [-0.2, -0.15) is 0 Å². The average molecular weight is 384 g/mol. The van der Waals surface area contributed by atoms with Gasteiger partial charge in [0.1, 0.15) is 0 Å². The molecule has 4 rings (SSSR count). The average Bonchev–Trinajstić information content (AvgIpc) is 2.99. The minimum Gasteiger partial charge on any atom is -0.465 e. The maximum atomic E-state index is 12.3. The van der Waals surface area contributed by atoms with Crippen LogP contribution in [-0.4, -0.2) is 61.8 Å². The number of amides is 1. The summed E-state index contributed by atoms with van der Waals surface area (Å²) >= 11 is 0. The monoisotopic (exact) mass is 384 g/mol. The zero-order chi connectivity index (χ0) is 20.1. The van der Waals surface area contributed by atoms with Crippen LogP contribution >= 0.6 is 0 Å². The van der Waals surface area contributed by atoms with Gasteiger partial charge in [-0.15, -0.1) is 0 Å². The van der Waals surface area contributed by atoms with E-state index in [0.29, 0.717) is 6.54 Å². The number of nitrogens with zero attached hydrogens (tertiary/aromatic N) is 4. The molecule has 1 N–H and O–H groups in total. The van der Waals surface area contributed by atoms with Gasteiger partial charge < -0.3 is 19.5 Å². The van der Waals surface area contributed by atoms with Crippen molar-refractivity contribution in [1.29, 1.82) is 0 Å². The Labute approximate surface area is 164 Å². The molecule has 0 bridgehead atoms. The lowest BCUT2D eigenvalue weighted by Crippen LogP contribution is -2.54. The van der Waals surface area contributed by atoms with Gasteiger partial charge in [0.25, 0.3) is 5.56 Å². The van der Waals surface area contributed by atoms with Crippen LogP contribution in [-0.2, 0) is 6.54 Å². The van der Waals surface area contributed by atoms with Crippen LogP contribution < -0.4 is 5.56 Å². The van der Waals surface area contributed by atoms with Gasteiger partial charge in [0.15, 0.2) is 0 Å². The van der Waals surface area contributed by atoms with Gasteiger partial charge in [-0.05, 0) is 51.3 Å². The number of carboxylic acid groups (broad SMARTS) is 1. The molecule has 1 atom stereocenters. The number of carbonyl (C=O) groups is 1. The predicted molar refractivity (Wildman–Crippen MR) is 108 cm³/mol. The summed E-state index contributed by atoms with van der Waals surface area (Å²) in [5, 5.41) is 9.64. The molecule has 1 unspecified atom stereocenters. The summed E-state index contributed by atoms with van der Waals surface area (Å²) in [5.41, 5.74) is 2.69. The van der Waals surface area contributed by atoms with Gasteiger partial charge >= 0.3 is 6.09 Å². The second-order valence-electron chi connectivity index (χ2n) is 8.97. The number of likely N-dealkylation sites (tertiary alicyclic amines) is 1. The third-order valence-electron chi connectivity index (χ3n) is 6.08. The summed E-state index contributed by atoms with van der Waals surface area (Å²) in [6, 6.07) is 5.50. The third-order valence-corrected chi connectivity index (χ3v) is 6.08.